The SMILES string of the molecule is CC1CCNC(C)C1NC(=O)c1cc([N+](=O)[O-])c[nH]1. The molecule has 0 aromatic carbocycles. The Kier molecular flexibility index (Phi) is 3.84. The first-order valence-electron chi connectivity index (χ1n) is 6.36. The highest BCUT2D eigenvalue weighted by Gasteiger charge is 2.29. The number of nitrogens with one attached hydrogen (secondary N) is 3. The Morgan fingerprint density at radius 2 is 2.26 bits per heavy atom. The van der Waals surface area contributed by atoms with Crippen LogP contribution in [0.15, 0.2) is 12.3 Å². The van der Waals surface area contributed by atoms with Crippen molar-refractivity contribution in [3.8, 4) is 0 Å². The standard InChI is InChI=1S/C12H18N4O3/c1-7-3-4-13-8(2)11(7)15-12(17)10-5-9(6-14-10)16(18)19/h5-8,11,13-14H,3-4H2,1-2H3,(H,15,17). The van der Waals surface area contributed by atoms with E-state index in [1.165, 1.54) is 12.3 Å². The van der Waals surface area contributed by atoms with Crippen molar-refractivity contribution < 1.29 is 9.72 Å². The number of amides is 1. The summed E-state index contributed by atoms with van der Waals surface area (Å²) in [4.78, 5) is 24.7. The molecule has 1 aliphatic rings. The monoisotopic (exact) mass is 266 g/mol. The van der Waals surface area contributed by atoms with Crippen LogP contribution in [0.3, 0.4) is 0 Å². The zero-order valence-electron chi connectivity index (χ0n) is 11.0. The molecule has 3 N–H and O–H groups in total. The second-order valence-corrected chi connectivity index (χ2v) is 5.04. The third kappa shape index (κ3) is 2.93. The molecule has 0 saturated carbocycles. The summed E-state index contributed by atoms with van der Waals surface area (Å²) < 4.78 is 0. The smallest absolute Gasteiger partial charge is 0.287 e. The Bertz CT molecular complexity index is 475. The molecule has 1 aliphatic heterocycles. The fourth-order valence-electron chi connectivity index (χ4n) is 2.45. The summed E-state index contributed by atoms with van der Waals surface area (Å²) in [6.07, 6.45) is 2.22. The molecule has 3 unspecified atom stereocenters. The van der Waals surface area contributed by atoms with Crippen LogP contribution in [0.25, 0.3) is 0 Å². The van der Waals surface area contributed by atoms with Gasteiger partial charge in [0.15, 0.2) is 0 Å². The highest BCUT2D eigenvalue weighted by atomic mass is 16.6. The number of aromatic nitrogens is 1. The average molecular weight is 266 g/mol. The van der Waals surface area contributed by atoms with Gasteiger partial charge < -0.3 is 15.6 Å². The molecule has 7 heteroatoms. The van der Waals surface area contributed by atoms with Gasteiger partial charge in [0, 0.05) is 18.2 Å². The molecular formula is C12H18N4O3. The molecule has 1 aromatic rings. The number of aromatic amines is 1. The molecule has 3 atom stereocenters. The van der Waals surface area contributed by atoms with Crippen molar-refractivity contribution in [1.82, 2.24) is 15.6 Å². The van der Waals surface area contributed by atoms with Gasteiger partial charge in [-0.15, -0.1) is 0 Å². The molecule has 0 radical (unpaired) electrons. The van der Waals surface area contributed by atoms with E-state index in [0.29, 0.717) is 5.92 Å². The lowest BCUT2D eigenvalue weighted by atomic mass is 9.89. The van der Waals surface area contributed by atoms with Gasteiger partial charge in [0.2, 0.25) is 0 Å². The van der Waals surface area contributed by atoms with Gasteiger partial charge in [-0.2, -0.15) is 0 Å². The summed E-state index contributed by atoms with van der Waals surface area (Å²) in [6.45, 7) is 5.07. The lowest BCUT2D eigenvalue weighted by Gasteiger charge is -2.35. The zero-order chi connectivity index (χ0) is 14.0. The van der Waals surface area contributed by atoms with E-state index in [4.69, 9.17) is 0 Å². The maximum Gasteiger partial charge on any atom is 0.287 e. The summed E-state index contributed by atoms with van der Waals surface area (Å²) in [5.74, 6) is 0.0747. The largest absolute Gasteiger partial charge is 0.351 e. The Hall–Kier alpha value is -1.89. The number of hydrogen-bond donors (Lipinski definition) is 3. The maximum atomic E-state index is 12.0. The van der Waals surface area contributed by atoms with E-state index in [1.54, 1.807) is 0 Å². The van der Waals surface area contributed by atoms with Gasteiger partial charge in [0.05, 0.1) is 11.1 Å². The number of carbonyl (C=O) groups excluding carboxylic acids is 1. The molecule has 0 bridgehead atoms. The third-order valence-electron chi connectivity index (χ3n) is 3.64. The van der Waals surface area contributed by atoms with Gasteiger partial charge in [-0.1, -0.05) is 6.92 Å². The van der Waals surface area contributed by atoms with Gasteiger partial charge in [0.25, 0.3) is 11.6 Å². The first-order chi connectivity index (χ1) is 8.99. The number of hydrogen-bond acceptors (Lipinski definition) is 4. The molecular weight excluding hydrogens is 248 g/mol. The van der Waals surface area contributed by atoms with Gasteiger partial charge in [-0.05, 0) is 25.8 Å². The summed E-state index contributed by atoms with van der Waals surface area (Å²) in [5.41, 5.74) is 0.115. The molecule has 1 amide bonds. The topological polar surface area (TPSA) is 100 Å². The lowest BCUT2D eigenvalue weighted by molar-refractivity contribution is -0.384. The zero-order valence-corrected chi connectivity index (χ0v) is 11.0. The molecule has 104 valence electrons. The second kappa shape index (κ2) is 5.40. The molecule has 7 nitrogen and oxygen atoms in total. The van der Waals surface area contributed by atoms with Crippen molar-refractivity contribution in [2.75, 3.05) is 6.54 Å². The van der Waals surface area contributed by atoms with E-state index in [0.717, 1.165) is 13.0 Å². The van der Waals surface area contributed by atoms with Crippen LogP contribution in [0.1, 0.15) is 30.8 Å². The predicted octanol–water partition coefficient (Wildman–Crippen LogP) is 1.04. The minimum absolute atomic E-state index is 0.0311. The van der Waals surface area contributed by atoms with Crippen molar-refractivity contribution in [2.45, 2.75) is 32.4 Å². The van der Waals surface area contributed by atoms with Gasteiger partial charge in [0.1, 0.15) is 5.69 Å². The highest BCUT2D eigenvalue weighted by molar-refractivity contribution is 5.93. The first kappa shape index (κ1) is 13.5. The molecule has 1 aromatic heterocycles. The molecule has 2 heterocycles. The minimum Gasteiger partial charge on any atom is -0.351 e. The Morgan fingerprint density at radius 1 is 1.53 bits per heavy atom. The Balaban J connectivity index is 2.05. The maximum absolute atomic E-state index is 12.0. The van der Waals surface area contributed by atoms with Gasteiger partial charge >= 0.3 is 0 Å². The van der Waals surface area contributed by atoms with Crippen molar-refractivity contribution in [2.24, 2.45) is 5.92 Å². The van der Waals surface area contributed by atoms with E-state index in [1.807, 2.05) is 6.92 Å². The number of nitro groups is 1. The quantitative estimate of drug-likeness (QED) is 0.562. The van der Waals surface area contributed by atoms with Crippen molar-refractivity contribution >= 4 is 11.6 Å². The summed E-state index contributed by atoms with van der Waals surface area (Å²) >= 11 is 0. The first-order valence-corrected chi connectivity index (χ1v) is 6.36. The van der Waals surface area contributed by atoms with Crippen LogP contribution in [0, 0.1) is 16.0 Å². The predicted molar refractivity (Wildman–Crippen MR) is 69.9 cm³/mol. The molecule has 2 rings (SSSR count). The van der Waals surface area contributed by atoms with Crippen LogP contribution in [-0.4, -0.2) is 34.4 Å². The fraction of sp³-hybridized carbons (Fsp3) is 0.583. The summed E-state index contributed by atoms with van der Waals surface area (Å²) in [6, 6.07) is 1.47. The molecule has 0 spiro atoms. The molecule has 1 fully saturated rings. The summed E-state index contributed by atoms with van der Waals surface area (Å²) in [7, 11) is 0. The fourth-order valence-corrected chi connectivity index (χ4v) is 2.45. The van der Waals surface area contributed by atoms with Crippen molar-refractivity contribution in [1.29, 1.82) is 0 Å². The van der Waals surface area contributed by atoms with Crippen LogP contribution in [-0.2, 0) is 0 Å². The number of nitrogens with zero attached hydrogens (tertiary/aromatic N) is 1. The third-order valence-corrected chi connectivity index (χ3v) is 3.64. The van der Waals surface area contributed by atoms with Crippen LogP contribution >= 0.6 is 0 Å². The van der Waals surface area contributed by atoms with Gasteiger partial charge in [-0.3, -0.25) is 14.9 Å². The van der Waals surface area contributed by atoms with Crippen LogP contribution in [0.5, 0.6) is 0 Å². The number of piperidine rings is 1. The summed E-state index contributed by atoms with van der Waals surface area (Å²) in [5, 5.41) is 16.8. The van der Waals surface area contributed by atoms with E-state index in [9.17, 15) is 14.9 Å². The molecule has 1 saturated heterocycles. The van der Waals surface area contributed by atoms with E-state index >= 15 is 0 Å². The lowest BCUT2D eigenvalue weighted by Crippen LogP contribution is -2.55. The van der Waals surface area contributed by atoms with Crippen LogP contribution < -0.4 is 10.6 Å². The van der Waals surface area contributed by atoms with E-state index in [-0.39, 0.29) is 29.4 Å². The minimum atomic E-state index is -0.527. The van der Waals surface area contributed by atoms with Crippen LogP contribution in [0.2, 0.25) is 0 Å². The normalized spacial score (nSPS) is 26.9. The number of carbonyl (C=O) groups is 1. The Morgan fingerprint density at radius 3 is 2.84 bits per heavy atom. The number of rotatable bonds is 3. The van der Waals surface area contributed by atoms with Gasteiger partial charge in [-0.25, -0.2) is 0 Å². The molecule has 19 heavy (non-hydrogen) atoms. The highest BCUT2D eigenvalue weighted by Crippen LogP contribution is 2.17. The number of H-pyrrole nitrogens is 1. The van der Waals surface area contributed by atoms with E-state index in [2.05, 4.69) is 22.5 Å². The van der Waals surface area contributed by atoms with Crippen molar-refractivity contribution in [3.63, 3.8) is 0 Å². The van der Waals surface area contributed by atoms with Crippen molar-refractivity contribution in [3.05, 3.63) is 28.1 Å². The van der Waals surface area contributed by atoms with E-state index < -0.39 is 4.92 Å². The average Bonchev–Trinajstić information content (AvgIpc) is 2.83. The Labute approximate surface area is 110 Å². The molecule has 0 aliphatic carbocycles. The second-order valence-electron chi connectivity index (χ2n) is 5.04. The van der Waals surface area contributed by atoms with Crippen LogP contribution in [0.4, 0.5) is 5.69 Å².